The van der Waals surface area contributed by atoms with E-state index in [9.17, 15) is 9.59 Å². The second kappa shape index (κ2) is 8.25. The SMILES string of the molecule is Cc1ccc(NC(=O)C(C)(C)C(=O)Nc2ccccc2OC(C)C)c(C)c1. The van der Waals surface area contributed by atoms with Gasteiger partial charge in [-0.1, -0.05) is 29.8 Å². The van der Waals surface area contributed by atoms with Gasteiger partial charge >= 0.3 is 0 Å². The molecular formula is C22H28N2O3. The van der Waals surface area contributed by atoms with E-state index in [2.05, 4.69) is 10.6 Å². The van der Waals surface area contributed by atoms with Gasteiger partial charge in [-0.2, -0.15) is 0 Å². The van der Waals surface area contributed by atoms with Gasteiger partial charge in [-0.05, 0) is 65.3 Å². The van der Waals surface area contributed by atoms with Crippen LogP contribution in [0.4, 0.5) is 11.4 Å². The van der Waals surface area contributed by atoms with Crippen LogP contribution >= 0.6 is 0 Å². The topological polar surface area (TPSA) is 67.4 Å². The molecule has 0 spiro atoms. The van der Waals surface area contributed by atoms with Gasteiger partial charge in [0, 0.05) is 5.69 Å². The minimum absolute atomic E-state index is 0.0242. The molecule has 0 bridgehead atoms. The maximum absolute atomic E-state index is 12.8. The molecule has 0 heterocycles. The smallest absolute Gasteiger partial charge is 0.239 e. The Bertz CT molecular complexity index is 841. The van der Waals surface area contributed by atoms with E-state index in [1.165, 1.54) is 0 Å². The third-order valence-corrected chi connectivity index (χ3v) is 4.26. The van der Waals surface area contributed by atoms with Gasteiger partial charge in [0.1, 0.15) is 11.2 Å². The van der Waals surface area contributed by atoms with Crippen molar-refractivity contribution in [3.8, 4) is 5.75 Å². The Morgan fingerprint density at radius 1 is 0.926 bits per heavy atom. The van der Waals surface area contributed by atoms with Gasteiger partial charge in [0.05, 0.1) is 11.8 Å². The highest BCUT2D eigenvalue weighted by Crippen LogP contribution is 2.28. The Hall–Kier alpha value is -2.82. The van der Waals surface area contributed by atoms with Crippen molar-refractivity contribution in [2.75, 3.05) is 10.6 Å². The number of amides is 2. The molecule has 0 saturated heterocycles. The lowest BCUT2D eigenvalue weighted by Gasteiger charge is -2.24. The summed E-state index contributed by atoms with van der Waals surface area (Å²) in [6.45, 7) is 11.0. The molecule has 0 unspecified atom stereocenters. The standard InChI is InChI=1S/C22H28N2O3/c1-14(2)27-19-10-8-7-9-18(19)24-21(26)22(5,6)20(25)23-17-12-11-15(3)13-16(17)4/h7-14H,1-6H3,(H,23,25)(H,24,26). The van der Waals surface area contributed by atoms with Crippen LogP contribution in [0.3, 0.4) is 0 Å². The number of anilines is 2. The molecule has 0 atom stereocenters. The van der Waals surface area contributed by atoms with Crippen LogP contribution in [0.1, 0.15) is 38.8 Å². The van der Waals surface area contributed by atoms with E-state index in [1.54, 1.807) is 26.0 Å². The van der Waals surface area contributed by atoms with Crippen LogP contribution in [0.15, 0.2) is 42.5 Å². The average molecular weight is 368 g/mol. The summed E-state index contributed by atoms with van der Waals surface area (Å²) in [7, 11) is 0. The fourth-order valence-electron chi connectivity index (χ4n) is 2.54. The number of para-hydroxylation sites is 2. The molecular weight excluding hydrogens is 340 g/mol. The van der Waals surface area contributed by atoms with Crippen molar-refractivity contribution in [3.63, 3.8) is 0 Å². The fraction of sp³-hybridized carbons (Fsp3) is 0.364. The van der Waals surface area contributed by atoms with Crippen molar-refractivity contribution < 1.29 is 14.3 Å². The van der Waals surface area contributed by atoms with Crippen LogP contribution in [0.25, 0.3) is 0 Å². The van der Waals surface area contributed by atoms with Gasteiger partial charge in [0.25, 0.3) is 0 Å². The molecule has 2 aromatic rings. The normalized spacial score (nSPS) is 11.2. The first-order chi connectivity index (χ1) is 12.6. The summed E-state index contributed by atoms with van der Waals surface area (Å²) in [5.74, 6) is -0.190. The summed E-state index contributed by atoms with van der Waals surface area (Å²) in [5.41, 5.74) is 2.06. The summed E-state index contributed by atoms with van der Waals surface area (Å²) in [4.78, 5) is 25.6. The molecule has 0 aliphatic rings. The Balaban J connectivity index is 2.16. The predicted octanol–water partition coefficient (Wildman–Crippen LogP) is 4.69. The van der Waals surface area contributed by atoms with Crippen LogP contribution < -0.4 is 15.4 Å². The third kappa shape index (κ3) is 5.09. The highest BCUT2D eigenvalue weighted by Gasteiger charge is 2.36. The number of hydrogen-bond acceptors (Lipinski definition) is 3. The molecule has 0 saturated carbocycles. The number of hydrogen-bond donors (Lipinski definition) is 2. The molecule has 5 nitrogen and oxygen atoms in total. The average Bonchev–Trinajstić information content (AvgIpc) is 2.58. The molecule has 0 fully saturated rings. The van der Waals surface area contributed by atoms with Crippen molar-refractivity contribution in [2.24, 2.45) is 5.41 Å². The number of carbonyl (C=O) groups is 2. The summed E-state index contributed by atoms with van der Waals surface area (Å²) in [6, 6.07) is 13.0. The number of nitrogens with one attached hydrogen (secondary N) is 2. The van der Waals surface area contributed by atoms with E-state index >= 15 is 0 Å². The summed E-state index contributed by atoms with van der Waals surface area (Å²) < 4.78 is 5.73. The maximum atomic E-state index is 12.8. The monoisotopic (exact) mass is 368 g/mol. The van der Waals surface area contributed by atoms with Gasteiger partial charge in [-0.15, -0.1) is 0 Å². The molecule has 0 radical (unpaired) electrons. The van der Waals surface area contributed by atoms with Crippen molar-refractivity contribution in [2.45, 2.75) is 47.6 Å². The second-order valence-corrected chi connectivity index (χ2v) is 7.51. The zero-order valence-electron chi connectivity index (χ0n) is 16.8. The quantitative estimate of drug-likeness (QED) is 0.727. The highest BCUT2D eigenvalue weighted by molar-refractivity contribution is 6.14. The van der Waals surface area contributed by atoms with Crippen LogP contribution in [0.2, 0.25) is 0 Å². The molecule has 2 rings (SSSR count). The third-order valence-electron chi connectivity index (χ3n) is 4.26. The Morgan fingerprint density at radius 3 is 2.11 bits per heavy atom. The summed E-state index contributed by atoms with van der Waals surface area (Å²) in [5, 5.41) is 5.68. The van der Waals surface area contributed by atoms with Gasteiger partial charge in [0.15, 0.2) is 0 Å². The lowest BCUT2D eigenvalue weighted by molar-refractivity contribution is -0.135. The maximum Gasteiger partial charge on any atom is 0.239 e. The molecule has 5 heteroatoms. The van der Waals surface area contributed by atoms with E-state index in [0.717, 1.165) is 11.1 Å². The number of aryl methyl sites for hydroxylation is 2. The summed E-state index contributed by atoms with van der Waals surface area (Å²) >= 11 is 0. The van der Waals surface area contributed by atoms with Gasteiger partial charge in [-0.3, -0.25) is 9.59 Å². The zero-order valence-corrected chi connectivity index (χ0v) is 16.8. The van der Waals surface area contributed by atoms with E-state index in [-0.39, 0.29) is 12.0 Å². The first kappa shape index (κ1) is 20.5. The Morgan fingerprint density at radius 2 is 1.52 bits per heavy atom. The zero-order chi connectivity index (χ0) is 20.2. The largest absolute Gasteiger partial charge is 0.489 e. The molecule has 0 aliphatic carbocycles. The van der Waals surface area contributed by atoms with Gasteiger partial charge in [0.2, 0.25) is 11.8 Å². The van der Waals surface area contributed by atoms with Crippen molar-refractivity contribution in [3.05, 3.63) is 53.6 Å². The number of rotatable bonds is 6. The first-order valence-corrected chi connectivity index (χ1v) is 9.07. The summed E-state index contributed by atoms with van der Waals surface area (Å²) in [6.07, 6.45) is -0.0242. The van der Waals surface area contributed by atoms with Crippen LogP contribution in [0.5, 0.6) is 5.75 Å². The molecule has 144 valence electrons. The molecule has 27 heavy (non-hydrogen) atoms. The molecule has 2 aromatic carbocycles. The molecule has 2 N–H and O–H groups in total. The Kier molecular flexibility index (Phi) is 6.26. The lowest BCUT2D eigenvalue weighted by Crippen LogP contribution is -2.41. The number of carbonyl (C=O) groups excluding carboxylic acids is 2. The number of ether oxygens (including phenoxy) is 1. The van der Waals surface area contributed by atoms with Crippen LogP contribution in [0, 0.1) is 19.3 Å². The van der Waals surface area contributed by atoms with Crippen LogP contribution in [-0.4, -0.2) is 17.9 Å². The molecule has 0 aromatic heterocycles. The van der Waals surface area contributed by atoms with E-state index in [4.69, 9.17) is 4.74 Å². The van der Waals surface area contributed by atoms with Gasteiger partial charge in [-0.25, -0.2) is 0 Å². The second-order valence-electron chi connectivity index (χ2n) is 7.51. The first-order valence-electron chi connectivity index (χ1n) is 9.07. The van der Waals surface area contributed by atoms with Gasteiger partial charge < -0.3 is 15.4 Å². The fourth-order valence-corrected chi connectivity index (χ4v) is 2.54. The highest BCUT2D eigenvalue weighted by atomic mass is 16.5. The van der Waals surface area contributed by atoms with Crippen molar-refractivity contribution >= 4 is 23.2 Å². The molecule has 0 aliphatic heterocycles. The lowest BCUT2D eigenvalue weighted by atomic mass is 9.90. The van der Waals surface area contributed by atoms with E-state index in [1.807, 2.05) is 58.0 Å². The number of benzene rings is 2. The van der Waals surface area contributed by atoms with Crippen LogP contribution in [-0.2, 0) is 9.59 Å². The van der Waals surface area contributed by atoms with E-state index < -0.39 is 11.3 Å². The van der Waals surface area contributed by atoms with Crippen molar-refractivity contribution in [1.29, 1.82) is 0 Å². The molecule has 2 amide bonds. The van der Waals surface area contributed by atoms with E-state index in [0.29, 0.717) is 17.1 Å². The minimum atomic E-state index is -1.26. The Labute approximate surface area is 161 Å². The van der Waals surface area contributed by atoms with Crippen molar-refractivity contribution in [1.82, 2.24) is 0 Å². The predicted molar refractivity (Wildman–Crippen MR) is 109 cm³/mol. The minimum Gasteiger partial charge on any atom is -0.489 e.